The van der Waals surface area contributed by atoms with Crippen LogP contribution in [0.5, 0.6) is 0 Å². The monoisotopic (exact) mass is 206 g/mol. The lowest BCUT2D eigenvalue weighted by atomic mass is 10.3. The van der Waals surface area contributed by atoms with Gasteiger partial charge in [-0.25, -0.2) is 0 Å². The van der Waals surface area contributed by atoms with Crippen LogP contribution in [0.25, 0.3) is 0 Å². The first kappa shape index (κ1) is 10.1. The van der Waals surface area contributed by atoms with Gasteiger partial charge in [0, 0.05) is 25.5 Å². The topological polar surface area (TPSA) is 42.2 Å². The molecule has 1 aromatic rings. The Hall–Kier alpha value is -1.42. The molecule has 2 unspecified atom stereocenters. The molecule has 0 bridgehead atoms. The summed E-state index contributed by atoms with van der Waals surface area (Å²) in [6, 6.07) is 3.89. The number of aromatic nitrogens is 1. The molecule has 0 radical (unpaired) electrons. The molecule has 2 rings (SSSR count). The zero-order valence-electron chi connectivity index (χ0n) is 8.72. The number of hydrogen-bond acceptors (Lipinski definition) is 4. The van der Waals surface area contributed by atoms with Gasteiger partial charge in [-0.3, -0.25) is 14.7 Å². The van der Waals surface area contributed by atoms with Crippen LogP contribution in [-0.2, 0) is 16.1 Å². The minimum atomic E-state index is -0.105. The number of nitrogens with zero attached hydrogens (tertiary/aromatic N) is 2. The molecule has 0 aromatic carbocycles. The maximum absolute atomic E-state index is 11.3. The minimum absolute atomic E-state index is 0.0295. The first-order chi connectivity index (χ1) is 7.31. The number of esters is 1. The smallest absolute Gasteiger partial charge is 0.324 e. The van der Waals surface area contributed by atoms with Crippen molar-refractivity contribution in [3.8, 4) is 0 Å². The zero-order valence-corrected chi connectivity index (χ0v) is 8.72. The summed E-state index contributed by atoms with van der Waals surface area (Å²) in [5.74, 6) is -0.105. The lowest BCUT2D eigenvalue weighted by Gasteiger charge is -2.03. The van der Waals surface area contributed by atoms with Gasteiger partial charge in [0.05, 0.1) is 6.61 Å². The Morgan fingerprint density at radius 3 is 3.00 bits per heavy atom. The summed E-state index contributed by atoms with van der Waals surface area (Å²) < 4.78 is 4.94. The quantitative estimate of drug-likeness (QED) is 0.540. The van der Waals surface area contributed by atoms with Crippen LogP contribution in [0.15, 0.2) is 24.5 Å². The Kier molecular flexibility index (Phi) is 2.97. The normalized spacial score (nSPS) is 23.5. The van der Waals surface area contributed by atoms with Gasteiger partial charge in [-0.15, -0.1) is 0 Å². The fourth-order valence-corrected chi connectivity index (χ4v) is 1.53. The zero-order chi connectivity index (χ0) is 10.7. The molecule has 4 heteroatoms. The van der Waals surface area contributed by atoms with Gasteiger partial charge in [0.2, 0.25) is 0 Å². The number of carbonyl (C=O) groups is 1. The molecule has 1 saturated heterocycles. The number of rotatable bonds is 4. The summed E-state index contributed by atoms with van der Waals surface area (Å²) in [7, 11) is 0. The number of hydrogen-bond donors (Lipinski definition) is 0. The number of carbonyl (C=O) groups excluding carboxylic acids is 1. The molecule has 0 saturated carbocycles. The summed E-state index contributed by atoms with van der Waals surface area (Å²) in [6.07, 6.45) is 3.52. The second-order valence-corrected chi connectivity index (χ2v) is 3.55. The molecule has 80 valence electrons. The van der Waals surface area contributed by atoms with Gasteiger partial charge in [-0.2, -0.15) is 0 Å². The summed E-state index contributed by atoms with van der Waals surface area (Å²) >= 11 is 0. The summed E-state index contributed by atoms with van der Waals surface area (Å²) in [6.45, 7) is 3.89. The molecule has 15 heavy (non-hydrogen) atoms. The van der Waals surface area contributed by atoms with Crippen molar-refractivity contribution in [2.24, 2.45) is 0 Å². The predicted molar refractivity (Wildman–Crippen MR) is 55.1 cm³/mol. The fraction of sp³-hybridized carbons (Fsp3) is 0.455. The summed E-state index contributed by atoms with van der Waals surface area (Å²) in [5, 5.41) is 0. The first-order valence-electron chi connectivity index (χ1n) is 5.11. The second kappa shape index (κ2) is 4.40. The Bertz CT molecular complexity index is 340. The van der Waals surface area contributed by atoms with E-state index in [1.165, 1.54) is 5.56 Å². The number of ether oxygens (including phenoxy) is 1. The van der Waals surface area contributed by atoms with E-state index in [2.05, 4.69) is 9.88 Å². The summed E-state index contributed by atoms with van der Waals surface area (Å²) in [5.41, 5.74) is 1.18. The molecule has 0 N–H and O–H groups in total. The molecule has 1 fully saturated rings. The maximum Gasteiger partial charge on any atom is 0.324 e. The van der Waals surface area contributed by atoms with Crippen LogP contribution in [0.3, 0.4) is 0 Å². The largest absolute Gasteiger partial charge is 0.465 e. The van der Waals surface area contributed by atoms with Gasteiger partial charge in [-0.05, 0) is 24.6 Å². The van der Waals surface area contributed by atoms with E-state index >= 15 is 0 Å². The minimum Gasteiger partial charge on any atom is -0.465 e. The lowest BCUT2D eigenvalue weighted by Crippen LogP contribution is -2.16. The highest BCUT2D eigenvalue weighted by Gasteiger charge is 2.41. The van der Waals surface area contributed by atoms with Gasteiger partial charge in [-0.1, -0.05) is 0 Å². The van der Waals surface area contributed by atoms with Gasteiger partial charge >= 0.3 is 5.97 Å². The third kappa shape index (κ3) is 2.53. The number of pyridine rings is 1. The molecule has 2 atom stereocenters. The van der Waals surface area contributed by atoms with Gasteiger partial charge in [0.15, 0.2) is 0 Å². The van der Waals surface area contributed by atoms with Crippen molar-refractivity contribution >= 4 is 5.97 Å². The van der Waals surface area contributed by atoms with Crippen molar-refractivity contribution in [2.75, 3.05) is 13.2 Å². The average molecular weight is 206 g/mol. The van der Waals surface area contributed by atoms with Crippen LogP contribution in [0.4, 0.5) is 0 Å². The molecule has 0 aliphatic carbocycles. The molecule has 1 aliphatic heterocycles. The van der Waals surface area contributed by atoms with Gasteiger partial charge in [0.1, 0.15) is 6.04 Å². The predicted octanol–water partition coefficient (Wildman–Crippen LogP) is 0.829. The van der Waals surface area contributed by atoms with Crippen molar-refractivity contribution in [3.05, 3.63) is 30.1 Å². The Labute approximate surface area is 88.9 Å². The van der Waals surface area contributed by atoms with Crippen LogP contribution >= 0.6 is 0 Å². The second-order valence-electron chi connectivity index (χ2n) is 3.55. The maximum atomic E-state index is 11.3. The fourth-order valence-electron chi connectivity index (χ4n) is 1.53. The molecular weight excluding hydrogens is 192 g/mol. The van der Waals surface area contributed by atoms with E-state index in [0.717, 1.165) is 13.1 Å². The van der Waals surface area contributed by atoms with Gasteiger partial charge in [0.25, 0.3) is 0 Å². The van der Waals surface area contributed by atoms with Crippen LogP contribution in [-0.4, -0.2) is 35.0 Å². The molecular formula is C11H14N2O2. The van der Waals surface area contributed by atoms with Crippen LogP contribution < -0.4 is 0 Å². The third-order valence-corrected chi connectivity index (χ3v) is 2.41. The van der Waals surface area contributed by atoms with E-state index in [9.17, 15) is 4.79 Å². The van der Waals surface area contributed by atoms with Crippen molar-refractivity contribution in [1.82, 2.24) is 9.88 Å². The lowest BCUT2D eigenvalue weighted by molar-refractivity contribution is -0.143. The first-order valence-corrected chi connectivity index (χ1v) is 5.11. The van der Waals surface area contributed by atoms with Crippen LogP contribution in [0, 0.1) is 0 Å². The molecule has 2 heterocycles. The molecule has 1 aromatic heterocycles. The van der Waals surface area contributed by atoms with E-state index in [1.807, 2.05) is 19.1 Å². The third-order valence-electron chi connectivity index (χ3n) is 2.41. The Balaban J connectivity index is 1.83. The molecule has 1 aliphatic rings. The standard InChI is InChI=1S/C11H14N2O2/c1-2-15-11(14)10-8-13(10)7-9-3-5-12-6-4-9/h3-6,10H,2,7-8H2,1H3. The van der Waals surface area contributed by atoms with Crippen molar-refractivity contribution in [3.63, 3.8) is 0 Å². The van der Waals surface area contributed by atoms with E-state index < -0.39 is 0 Å². The van der Waals surface area contributed by atoms with Crippen molar-refractivity contribution in [2.45, 2.75) is 19.5 Å². The van der Waals surface area contributed by atoms with Crippen LogP contribution in [0.1, 0.15) is 12.5 Å². The highest BCUT2D eigenvalue weighted by molar-refractivity contribution is 5.79. The van der Waals surface area contributed by atoms with E-state index in [0.29, 0.717) is 6.61 Å². The Morgan fingerprint density at radius 2 is 2.33 bits per heavy atom. The van der Waals surface area contributed by atoms with Crippen molar-refractivity contribution in [1.29, 1.82) is 0 Å². The SMILES string of the molecule is CCOC(=O)C1CN1Cc1ccncc1. The van der Waals surface area contributed by atoms with E-state index in [-0.39, 0.29) is 12.0 Å². The average Bonchev–Trinajstić information content (AvgIpc) is 2.99. The van der Waals surface area contributed by atoms with Gasteiger partial charge < -0.3 is 4.74 Å². The van der Waals surface area contributed by atoms with Crippen LogP contribution in [0.2, 0.25) is 0 Å². The highest BCUT2D eigenvalue weighted by Crippen LogP contribution is 2.21. The molecule has 4 nitrogen and oxygen atoms in total. The van der Waals surface area contributed by atoms with E-state index in [4.69, 9.17) is 4.74 Å². The highest BCUT2D eigenvalue weighted by atomic mass is 16.5. The molecule has 0 spiro atoms. The van der Waals surface area contributed by atoms with Crippen molar-refractivity contribution < 1.29 is 9.53 Å². The molecule has 0 amide bonds. The van der Waals surface area contributed by atoms with E-state index in [1.54, 1.807) is 12.4 Å². The summed E-state index contributed by atoms with van der Waals surface area (Å²) in [4.78, 5) is 17.4. The Morgan fingerprint density at radius 1 is 1.60 bits per heavy atom.